The third-order valence-corrected chi connectivity index (χ3v) is 4.99. The van der Waals surface area contributed by atoms with E-state index in [9.17, 15) is 14.0 Å². The molecule has 5 nitrogen and oxygen atoms in total. The molecule has 0 spiro atoms. The smallest absolute Gasteiger partial charge is 0.254 e. The predicted molar refractivity (Wildman–Crippen MR) is 106 cm³/mol. The minimum absolute atomic E-state index is 0.143. The van der Waals surface area contributed by atoms with Crippen LogP contribution in [0.25, 0.3) is 11.4 Å². The van der Waals surface area contributed by atoms with Crippen LogP contribution in [0.5, 0.6) is 0 Å². The maximum Gasteiger partial charge on any atom is 0.254 e. The Morgan fingerprint density at radius 3 is 2.75 bits per heavy atom. The second-order valence-electron chi connectivity index (χ2n) is 6.78. The summed E-state index contributed by atoms with van der Waals surface area (Å²) in [4.78, 5) is 31.9. The van der Waals surface area contributed by atoms with E-state index in [1.54, 1.807) is 17.0 Å². The van der Waals surface area contributed by atoms with Crippen molar-refractivity contribution in [1.82, 2.24) is 9.55 Å². The number of benzene rings is 2. The molecule has 3 aromatic rings. The highest BCUT2D eigenvalue weighted by molar-refractivity contribution is 5.95. The van der Waals surface area contributed by atoms with Gasteiger partial charge in [-0.2, -0.15) is 0 Å². The quantitative estimate of drug-likeness (QED) is 0.702. The number of halogens is 1. The molecule has 2 aromatic carbocycles. The van der Waals surface area contributed by atoms with Gasteiger partial charge in [0.05, 0.1) is 0 Å². The third kappa shape index (κ3) is 3.33. The highest BCUT2D eigenvalue weighted by Crippen LogP contribution is 2.28. The van der Waals surface area contributed by atoms with Gasteiger partial charge in [-0.15, -0.1) is 0 Å². The van der Waals surface area contributed by atoms with Crippen LogP contribution in [0.3, 0.4) is 0 Å². The number of nitrogens with zero attached hydrogens (tertiary/aromatic N) is 3. The molecule has 2 heterocycles. The molecule has 0 aliphatic carbocycles. The fourth-order valence-electron chi connectivity index (χ4n) is 3.55. The van der Waals surface area contributed by atoms with Crippen LogP contribution >= 0.6 is 0 Å². The van der Waals surface area contributed by atoms with Crippen molar-refractivity contribution in [2.24, 2.45) is 0 Å². The number of fused-ring (bicyclic) bond motifs is 1. The van der Waals surface area contributed by atoms with Crippen LogP contribution in [0.2, 0.25) is 0 Å². The summed E-state index contributed by atoms with van der Waals surface area (Å²) < 4.78 is 15.1. The highest BCUT2D eigenvalue weighted by Gasteiger charge is 2.25. The van der Waals surface area contributed by atoms with Crippen LogP contribution in [0.15, 0.2) is 59.4 Å². The van der Waals surface area contributed by atoms with E-state index in [1.807, 2.05) is 31.2 Å². The average Bonchev–Trinajstić information content (AvgIpc) is 3.13. The molecule has 4 rings (SSSR count). The standard InChI is InChI=1S/C22H20FN3O2/c1-2-18-13-20(27)26(22(24-18)16-7-5-8-17(23)12-16)14-21(28)25-11-10-15-6-3-4-9-19(15)25/h3-9,12-13H,2,10-11,14H2,1H3. The molecule has 142 valence electrons. The predicted octanol–water partition coefficient (Wildman–Crippen LogP) is 3.20. The number of amides is 1. The first kappa shape index (κ1) is 18.1. The number of para-hydroxylation sites is 1. The van der Waals surface area contributed by atoms with E-state index in [0.717, 1.165) is 17.7 Å². The largest absolute Gasteiger partial charge is 0.310 e. The van der Waals surface area contributed by atoms with Gasteiger partial charge in [-0.3, -0.25) is 14.2 Å². The zero-order valence-electron chi connectivity index (χ0n) is 15.6. The molecule has 0 unspecified atom stereocenters. The van der Waals surface area contributed by atoms with E-state index >= 15 is 0 Å². The summed E-state index contributed by atoms with van der Waals surface area (Å²) in [6.45, 7) is 2.34. The monoisotopic (exact) mass is 377 g/mol. The fraction of sp³-hybridized carbons (Fsp3) is 0.227. The van der Waals surface area contributed by atoms with Gasteiger partial charge in [0.1, 0.15) is 18.2 Å². The van der Waals surface area contributed by atoms with Crippen molar-refractivity contribution in [3.8, 4) is 11.4 Å². The molecular weight excluding hydrogens is 357 g/mol. The number of carbonyl (C=O) groups is 1. The Hall–Kier alpha value is -3.28. The van der Waals surface area contributed by atoms with Crippen molar-refractivity contribution in [2.45, 2.75) is 26.3 Å². The van der Waals surface area contributed by atoms with Gasteiger partial charge in [0.25, 0.3) is 5.56 Å². The lowest BCUT2D eigenvalue weighted by Crippen LogP contribution is -2.36. The maximum atomic E-state index is 13.8. The van der Waals surface area contributed by atoms with E-state index in [1.165, 1.54) is 22.8 Å². The molecule has 0 atom stereocenters. The molecular formula is C22H20FN3O2. The van der Waals surface area contributed by atoms with Crippen LogP contribution in [-0.4, -0.2) is 22.0 Å². The molecule has 1 amide bonds. The topological polar surface area (TPSA) is 55.2 Å². The first-order chi connectivity index (χ1) is 13.6. The van der Waals surface area contributed by atoms with Crippen molar-refractivity contribution in [3.63, 3.8) is 0 Å². The molecule has 6 heteroatoms. The van der Waals surface area contributed by atoms with Crippen LogP contribution in [0.1, 0.15) is 18.2 Å². The highest BCUT2D eigenvalue weighted by atomic mass is 19.1. The van der Waals surface area contributed by atoms with Gasteiger partial charge in [-0.05, 0) is 36.6 Å². The Morgan fingerprint density at radius 1 is 1.14 bits per heavy atom. The minimum atomic E-state index is -0.417. The van der Waals surface area contributed by atoms with Gasteiger partial charge < -0.3 is 4.90 Å². The first-order valence-electron chi connectivity index (χ1n) is 9.32. The second-order valence-corrected chi connectivity index (χ2v) is 6.78. The van der Waals surface area contributed by atoms with Gasteiger partial charge in [0.2, 0.25) is 5.91 Å². The summed E-state index contributed by atoms with van der Waals surface area (Å²) in [6, 6.07) is 15.1. The maximum absolute atomic E-state index is 13.8. The van der Waals surface area contributed by atoms with Crippen molar-refractivity contribution >= 4 is 11.6 Å². The zero-order chi connectivity index (χ0) is 19.7. The Kier molecular flexibility index (Phi) is 4.77. The first-order valence-corrected chi connectivity index (χ1v) is 9.32. The number of hydrogen-bond donors (Lipinski definition) is 0. The van der Waals surface area contributed by atoms with Gasteiger partial charge in [0, 0.05) is 29.6 Å². The van der Waals surface area contributed by atoms with Gasteiger partial charge >= 0.3 is 0 Å². The molecule has 0 radical (unpaired) electrons. The van der Waals surface area contributed by atoms with E-state index in [2.05, 4.69) is 4.98 Å². The van der Waals surface area contributed by atoms with E-state index in [-0.39, 0.29) is 18.0 Å². The molecule has 0 saturated heterocycles. The van der Waals surface area contributed by atoms with E-state index in [4.69, 9.17) is 0 Å². The number of anilines is 1. The van der Waals surface area contributed by atoms with Crippen molar-refractivity contribution < 1.29 is 9.18 Å². The summed E-state index contributed by atoms with van der Waals surface area (Å²) in [5.74, 6) is -0.291. The summed E-state index contributed by atoms with van der Waals surface area (Å²) in [6.07, 6.45) is 1.37. The van der Waals surface area contributed by atoms with Gasteiger partial charge in [0.15, 0.2) is 0 Å². The van der Waals surface area contributed by atoms with Gasteiger partial charge in [-0.25, -0.2) is 9.37 Å². The van der Waals surface area contributed by atoms with Crippen LogP contribution in [0, 0.1) is 5.82 Å². The molecule has 0 saturated carbocycles. The van der Waals surface area contributed by atoms with Gasteiger partial charge in [-0.1, -0.05) is 37.3 Å². The molecule has 0 N–H and O–H groups in total. The van der Waals surface area contributed by atoms with Crippen molar-refractivity contribution in [1.29, 1.82) is 0 Å². The lowest BCUT2D eigenvalue weighted by molar-refractivity contribution is -0.119. The van der Waals surface area contributed by atoms with Crippen LogP contribution < -0.4 is 10.5 Å². The summed E-state index contributed by atoms with van der Waals surface area (Å²) in [5.41, 5.74) is 2.77. The molecule has 28 heavy (non-hydrogen) atoms. The Morgan fingerprint density at radius 2 is 1.96 bits per heavy atom. The van der Waals surface area contributed by atoms with Crippen LogP contribution in [-0.2, 0) is 24.2 Å². The minimum Gasteiger partial charge on any atom is -0.310 e. The van der Waals surface area contributed by atoms with E-state index < -0.39 is 5.82 Å². The fourth-order valence-corrected chi connectivity index (χ4v) is 3.55. The Bertz CT molecular complexity index is 1110. The van der Waals surface area contributed by atoms with Crippen LogP contribution in [0.4, 0.5) is 10.1 Å². The normalized spacial score (nSPS) is 12.9. The lowest BCUT2D eigenvalue weighted by Gasteiger charge is -2.19. The second kappa shape index (κ2) is 7.38. The third-order valence-electron chi connectivity index (χ3n) is 4.99. The lowest BCUT2D eigenvalue weighted by atomic mass is 10.2. The Balaban J connectivity index is 1.74. The number of rotatable bonds is 4. The number of aromatic nitrogens is 2. The molecule has 1 aromatic heterocycles. The summed E-state index contributed by atoms with van der Waals surface area (Å²) >= 11 is 0. The number of aryl methyl sites for hydroxylation is 1. The van der Waals surface area contributed by atoms with E-state index in [0.29, 0.717) is 30.0 Å². The average molecular weight is 377 g/mol. The van der Waals surface area contributed by atoms with Crippen molar-refractivity contribution in [3.05, 3.63) is 82.0 Å². The summed E-state index contributed by atoms with van der Waals surface area (Å²) in [5, 5.41) is 0. The SMILES string of the molecule is CCc1cc(=O)n(CC(=O)N2CCc3ccccc32)c(-c2cccc(F)c2)n1. The zero-order valence-corrected chi connectivity index (χ0v) is 15.6. The molecule has 0 bridgehead atoms. The number of carbonyl (C=O) groups excluding carboxylic acids is 1. The Labute approximate surface area is 162 Å². The molecule has 1 aliphatic rings. The van der Waals surface area contributed by atoms with Crippen molar-refractivity contribution in [2.75, 3.05) is 11.4 Å². The summed E-state index contributed by atoms with van der Waals surface area (Å²) in [7, 11) is 0. The number of hydrogen-bond acceptors (Lipinski definition) is 3. The molecule has 1 aliphatic heterocycles. The molecule has 0 fully saturated rings.